The fraction of sp³-hybridized carbons (Fsp3) is 0.571. The minimum atomic E-state index is 0.662. The van der Waals surface area contributed by atoms with Crippen molar-refractivity contribution in [2.45, 2.75) is 39.5 Å². The second-order valence-corrected chi connectivity index (χ2v) is 4.35. The van der Waals surface area contributed by atoms with Crippen LogP contribution in [0, 0.1) is 6.92 Å². The summed E-state index contributed by atoms with van der Waals surface area (Å²) in [6.07, 6.45) is 2.45. The van der Waals surface area contributed by atoms with E-state index in [1.54, 1.807) is 0 Å². The molecule has 1 atom stereocenters. The van der Waals surface area contributed by atoms with E-state index < -0.39 is 0 Å². The van der Waals surface area contributed by atoms with Crippen molar-refractivity contribution in [3.8, 4) is 0 Å². The second kappa shape index (κ2) is 6.62. The largest absolute Gasteiger partial charge is 0.317 e. The zero-order valence-corrected chi connectivity index (χ0v) is 10.2. The van der Waals surface area contributed by atoms with E-state index in [-0.39, 0.29) is 0 Å². The molecule has 1 rings (SSSR count). The van der Waals surface area contributed by atoms with Crippen LogP contribution in [0.5, 0.6) is 0 Å². The number of aryl methyl sites for hydroxylation is 1. The highest BCUT2D eigenvalue weighted by molar-refractivity contribution is 5.23. The third-order valence-corrected chi connectivity index (χ3v) is 2.83. The molecule has 0 saturated carbocycles. The van der Waals surface area contributed by atoms with Crippen molar-refractivity contribution in [2.75, 3.05) is 13.1 Å². The van der Waals surface area contributed by atoms with Gasteiger partial charge in [-0.15, -0.1) is 0 Å². The van der Waals surface area contributed by atoms with Gasteiger partial charge in [0, 0.05) is 0 Å². The molecular formula is C14H23N. The Morgan fingerprint density at radius 2 is 1.80 bits per heavy atom. The van der Waals surface area contributed by atoms with Crippen LogP contribution in [0.1, 0.15) is 43.7 Å². The lowest BCUT2D eigenvalue weighted by Crippen LogP contribution is -2.17. The van der Waals surface area contributed by atoms with E-state index in [0.29, 0.717) is 5.92 Å². The first-order valence-electron chi connectivity index (χ1n) is 6.01. The molecule has 0 aliphatic carbocycles. The number of hydrogen-bond donors (Lipinski definition) is 1. The van der Waals surface area contributed by atoms with Gasteiger partial charge in [0.1, 0.15) is 0 Å². The van der Waals surface area contributed by atoms with Crippen molar-refractivity contribution >= 4 is 0 Å². The normalized spacial score (nSPS) is 12.7. The molecule has 1 aromatic carbocycles. The Morgan fingerprint density at radius 3 is 2.40 bits per heavy atom. The third-order valence-electron chi connectivity index (χ3n) is 2.83. The summed E-state index contributed by atoms with van der Waals surface area (Å²) in [5, 5.41) is 3.45. The van der Waals surface area contributed by atoms with Gasteiger partial charge in [0.25, 0.3) is 0 Å². The Hall–Kier alpha value is -0.820. The zero-order valence-electron chi connectivity index (χ0n) is 10.2. The van der Waals surface area contributed by atoms with E-state index in [2.05, 4.69) is 50.4 Å². The van der Waals surface area contributed by atoms with E-state index in [0.717, 1.165) is 13.1 Å². The lowest BCUT2D eigenvalue weighted by atomic mass is 9.97. The Labute approximate surface area is 93.9 Å². The van der Waals surface area contributed by atoms with Crippen LogP contribution < -0.4 is 5.32 Å². The van der Waals surface area contributed by atoms with Gasteiger partial charge in [-0.1, -0.05) is 43.7 Å². The Kier molecular flexibility index (Phi) is 5.41. The smallest absolute Gasteiger partial charge is 0.00432 e. The number of hydrogen-bond acceptors (Lipinski definition) is 1. The molecule has 84 valence electrons. The molecule has 0 aromatic heterocycles. The molecule has 0 fully saturated rings. The second-order valence-electron chi connectivity index (χ2n) is 4.35. The first-order chi connectivity index (χ1) is 7.24. The predicted octanol–water partition coefficient (Wildman–Crippen LogP) is 3.49. The summed E-state index contributed by atoms with van der Waals surface area (Å²) < 4.78 is 0. The first kappa shape index (κ1) is 12.3. The minimum Gasteiger partial charge on any atom is -0.317 e. The van der Waals surface area contributed by atoms with E-state index >= 15 is 0 Å². The van der Waals surface area contributed by atoms with Crippen molar-refractivity contribution in [3.63, 3.8) is 0 Å². The van der Waals surface area contributed by atoms with Crippen molar-refractivity contribution in [1.29, 1.82) is 0 Å². The predicted molar refractivity (Wildman–Crippen MR) is 67.4 cm³/mol. The van der Waals surface area contributed by atoms with Gasteiger partial charge in [-0.3, -0.25) is 0 Å². The Balaban J connectivity index is 2.33. The summed E-state index contributed by atoms with van der Waals surface area (Å²) in [6.45, 7) is 8.91. The molecule has 1 N–H and O–H groups in total. The van der Waals surface area contributed by atoms with Crippen molar-refractivity contribution < 1.29 is 0 Å². The molecule has 0 radical (unpaired) electrons. The van der Waals surface area contributed by atoms with Gasteiger partial charge < -0.3 is 5.32 Å². The average molecular weight is 205 g/mol. The van der Waals surface area contributed by atoms with Crippen LogP contribution >= 0.6 is 0 Å². The van der Waals surface area contributed by atoms with Gasteiger partial charge >= 0.3 is 0 Å². The fourth-order valence-corrected chi connectivity index (χ4v) is 1.68. The maximum atomic E-state index is 3.45. The molecule has 0 spiro atoms. The van der Waals surface area contributed by atoms with Gasteiger partial charge in [0.15, 0.2) is 0 Å². The quantitative estimate of drug-likeness (QED) is 0.701. The van der Waals surface area contributed by atoms with Gasteiger partial charge in [-0.05, 0) is 44.3 Å². The van der Waals surface area contributed by atoms with E-state index in [9.17, 15) is 0 Å². The van der Waals surface area contributed by atoms with E-state index in [4.69, 9.17) is 0 Å². The molecular weight excluding hydrogens is 182 g/mol. The van der Waals surface area contributed by atoms with Crippen LogP contribution in [0.4, 0.5) is 0 Å². The number of rotatable bonds is 6. The molecule has 15 heavy (non-hydrogen) atoms. The molecule has 1 heteroatoms. The standard InChI is InChI=1S/C14H23N/c1-4-10-15-11-9-13(3)14-7-5-12(2)6-8-14/h5-8,13,15H,4,9-11H2,1-3H3. The highest BCUT2D eigenvalue weighted by Crippen LogP contribution is 2.18. The van der Waals surface area contributed by atoms with Crippen LogP contribution in [0.25, 0.3) is 0 Å². The highest BCUT2D eigenvalue weighted by Gasteiger charge is 2.03. The fourth-order valence-electron chi connectivity index (χ4n) is 1.68. The topological polar surface area (TPSA) is 12.0 Å². The Morgan fingerprint density at radius 1 is 1.13 bits per heavy atom. The maximum absolute atomic E-state index is 3.45. The molecule has 0 bridgehead atoms. The summed E-state index contributed by atoms with van der Waals surface area (Å²) in [4.78, 5) is 0. The van der Waals surface area contributed by atoms with Crippen LogP contribution in [0.3, 0.4) is 0 Å². The Bertz CT molecular complexity index is 263. The lowest BCUT2D eigenvalue weighted by Gasteiger charge is -2.12. The number of nitrogens with one attached hydrogen (secondary N) is 1. The maximum Gasteiger partial charge on any atom is -0.00432 e. The van der Waals surface area contributed by atoms with E-state index in [1.165, 1.54) is 24.0 Å². The van der Waals surface area contributed by atoms with E-state index in [1.807, 2.05) is 0 Å². The van der Waals surface area contributed by atoms with Crippen LogP contribution in [-0.4, -0.2) is 13.1 Å². The highest BCUT2D eigenvalue weighted by atomic mass is 14.8. The molecule has 0 heterocycles. The number of benzene rings is 1. The van der Waals surface area contributed by atoms with Crippen molar-refractivity contribution in [3.05, 3.63) is 35.4 Å². The average Bonchev–Trinajstić information content (AvgIpc) is 2.25. The van der Waals surface area contributed by atoms with Crippen molar-refractivity contribution in [1.82, 2.24) is 5.32 Å². The van der Waals surface area contributed by atoms with Gasteiger partial charge in [0.2, 0.25) is 0 Å². The zero-order chi connectivity index (χ0) is 11.1. The summed E-state index contributed by atoms with van der Waals surface area (Å²) in [6, 6.07) is 8.90. The monoisotopic (exact) mass is 205 g/mol. The van der Waals surface area contributed by atoms with Gasteiger partial charge in [0.05, 0.1) is 0 Å². The minimum absolute atomic E-state index is 0.662. The summed E-state index contributed by atoms with van der Waals surface area (Å²) in [5.74, 6) is 0.662. The van der Waals surface area contributed by atoms with Gasteiger partial charge in [-0.2, -0.15) is 0 Å². The summed E-state index contributed by atoms with van der Waals surface area (Å²) in [7, 11) is 0. The van der Waals surface area contributed by atoms with Crippen LogP contribution in [0.15, 0.2) is 24.3 Å². The molecule has 0 saturated heterocycles. The first-order valence-corrected chi connectivity index (χ1v) is 6.01. The molecule has 0 aliphatic heterocycles. The van der Waals surface area contributed by atoms with Crippen LogP contribution in [0.2, 0.25) is 0 Å². The van der Waals surface area contributed by atoms with Crippen LogP contribution in [-0.2, 0) is 0 Å². The van der Waals surface area contributed by atoms with Crippen molar-refractivity contribution in [2.24, 2.45) is 0 Å². The summed E-state index contributed by atoms with van der Waals surface area (Å²) >= 11 is 0. The molecule has 1 unspecified atom stereocenters. The molecule has 0 aliphatic rings. The third kappa shape index (κ3) is 4.48. The molecule has 1 aromatic rings. The summed E-state index contributed by atoms with van der Waals surface area (Å²) in [5.41, 5.74) is 2.80. The molecule has 0 amide bonds. The lowest BCUT2D eigenvalue weighted by molar-refractivity contribution is 0.591. The van der Waals surface area contributed by atoms with Gasteiger partial charge in [-0.25, -0.2) is 0 Å². The molecule has 1 nitrogen and oxygen atoms in total. The SMILES string of the molecule is CCCNCCC(C)c1ccc(C)cc1.